The highest BCUT2D eigenvalue weighted by Crippen LogP contribution is 2.49. The lowest BCUT2D eigenvalue weighted by Crippen LogP contribution is -2.44. The second-order valence-corrected chi connectivity index (χ2v) is 8.62. The average Bonchev–Trinajstić information content (AvgIpc) is 3.15. The Labute approximate surface area is 194 Å². The molecule has 3 rings (SSSR count). The van der Waals surface area contributed by atoms with Crippen LogP contribution in [0, 0.1) is 6.92 Å². The van der Waals surface area contributed by atoms with Crippen molar-refractivity contribution in [2.24, 2.45) is 10.8 Å². The van der Waals surface area contributed by atoms with Crippen LogP contribution in [-0.4, -0.2) is 43.1 Å². The first-order valence-corrected chi connectivity index (χ1v) is 10.7. The van der Waals surface area contributed by atoms with Gasteiger partial charge in [0.1, 0.15) is 5.41 Å². The summed E-state index contributed by atoms with van der Waals surface area (Å²) < 4.78 is 42.9. The SMILES string of the molecule is CCN(/N=C/c1ccc(N2CCC(c3cc(Cl)cc(Cl)c3)(C(F)(F)F)C2)cc1C)C(N)=O. The van der Waals surface area contributed by atoms with Crippen LogP contribution in [0.4, 0.5) is 23.7 Å². The lowest BCUT2D eigenvalue weighted by Gasteiger charge is -2.33. The normalized spacial score (nSPS) is 19.0. The molecule has 0 bridgehead atoms. The van der Waals surface area contributed by atoms with Gasteiger partial charge in [-0.3, -0.25) is 0 Å². The van der Waals surface area contributed by atoms with E-state index in [9.17, 15) is 18.0 Å². The fraction of sp³-hybridized carbons (Fsp3) is 0.364. The first-order valence-electron chi connectivity index (χ1n) is 9.96. The average molecular weight is 487 g/mol. The van der Waals surface area contributed by atoms with E-state index >= 15 is 0 Å². The van der Waals surface area contributed by atoms with Gasteiger partial charge in [-0.1, -0.05) is 29.3 Å². The minimum Gasteiger partial charge on any atom is -0.370 e. The molecule has 2 aromatic carbocycles. The van der Waals surface area contributed by atoms with E-state index in [1.807, 2.05) is 6.92 Å². The predicted molar refractivity (Wildman–Crippen MR) is 122 cm³/mol. The molecular weight excluding hydrogens is 464 g/mol. The highest BCUT2D eigenvalue weighted by atomic mass is 35.5. The minimum absolute atomic E-state index is 0.0663. The van der Waals surface area contributed by atoms with Gasteiger partial charge in [-0.25, -0.2) is 9.80 Å². The van der Waals surface area contributed by atoms with Crippen molar-refractivity contribution in [1.82, 2.24) is 5.01 Å². The number of hydrazone groups is 1. The molecule has 2 amide bonds. The second kappa shape index (κ2) is 9.19. The van der Waals surface area contributed by atoms with E-state index in [0.29, 0.717) is 12.2 Å². The number of halogens is 5. The molecule has 1 aliphatic heterocycles. The molecule has 0 saturated carbocycles. The number of nitrogens with two attached hydrogens (primary N) is 1. The predicted octanol–water partition coefficient (Wildman–Crippen LogP) is 5.75. The number of primary amides is 1. The van der Waals surface area contributed by atoms with Gasteiger partial charge in [0.05, 0.1) is 6.21 Å². The maximum absolute atomic E-state index is 14.3. The molecule has 32 heavy (non-hydrogen) atoms. The van der Waals surface area contributed by atoms with Crippen molar-refractivity contribution in [2.45, 2.75) is 31.9 Å². The van der Waals surface area contributed by atoms with Crippen LogP contribution in [0.3, 0.4) is 0 Å². The Balaban J connectivity index is 1.89. The van der Waals surface area contributed by atoms with Gasteiger partial charge in [0, 0.05) is 35.4 Å². The molecule has 1 aliphatic rings. The van der Waals surface area contributed by atoms with Gasteiger partial charge in [0.2, 0.25) is 0 Å². The summed E-state index contributed by atoms with van der Waals surface area (Å²) in [5.74, 6) is 0. The van der Waals surface area contributed by atoms with Crippen LogP contribution in [-0.2, 0) is 5.41 Å². The Kier molecular flexibility index (Phi) is 6.95. The summed E-state index contributed by atoms with van der Waals surface area (Å²) in [6.45, 7) is 3.87. The van der Waals surface area contributed by atoms with Crippen molar-refractivity contribution in [3.05, 3.63) is 63.1 Å². The number of anilines is 1. The molecule has 0 aromatic heterocycles. The number of urea groups is 1. The van der Waals surface area contributed by atoms with E-state index < -0.39 is 17.6 Å². The van der Waals surface area contributed by atoms with E-state index in [4.69, 9.17) is 28.9 Å². The van der Waals surface area contributed by atoms with Crippen molar-refractivity contribution >= 4 is 41.1 Å². The molecule has 5 nitrogen and oxygen atoms in total. The number of aryl methyl sites for hydroxylation is 1. The van der Waals surface area contributed by atoms with E-state index in [1.54, 1.807) is 30.0 Å². The van der Waals surface area contributed by atoms with Gasteiger partial charge in [0.15, 0.2) is 0 Å². The quantitative estimate of drug-likeness (QED) is 0.432. The molecule has 1 saturated heterocycles. The number of carbonyl (C=O) groups excluding carboxylic acids is 1. The van der Waals surface area contributed by atoms with Crippen molar-refractivity contribution < 1.29 is 18.0 Å². The second-order valence-electron chi connectivity index (χ2n) is 7.75. The third kappa shape index (κ3) is 4.81. The molecule has 172 valence electrons. The zero-order valence-electron chi connectivity index (χ0n) is 17.6. The number of nitrogens with zero attached hydrogens (tertiary/aromatic N) is 3. The Bertz CT molecular complexity index is 1020. The summed E-state index contributed by atoms with van der Waals surface area (Å²) in [6.07, 6.45) is -3.08. The Morgan fingerprint density at radius 1 is 1.25 bits per heavy atom. The van der Waals surface area contributed by atoms with Gasteiger partial charge in [0.25, 0.3) is 0 Å². The van der Waals surface area contributed by atoms with Crippen LogP contribution < -0.4 is 10.6 Å². The van der Waals surface area contributed by atoms with Crippen molar-refractivity contribution in [3.63, 3.8) is 0 Å². The summed E-state index contributed by atoms with van der Waals surface area (Å²) in [5, 5.41) is 5.52. The van der Waals surface area contributed by atoms with E-state index in [-0.39, 0.29) is 35.1 Å². The van der Waals surface area contributed by atoms with Gasteiger partial charge in [-0.15, -0.1) is 0 Å². The molecule has 0 radical (unpaired) electrons. The zero-order valence-corrected chi connectivity index (χ0v) is 19.1. The van der Waals surface area contributed by atoms with E-state index in [0.717, 1.165) is 16.1 Å². The fourth-order valence-corrected chi connectivity index (χ4v) is 4.44. The van der Waals surface area contributed by atoms with E-state index in [2.05, 4.69) is 5.10 Å². The highest BCUT2D eigenvalue weighted by Gasteiger charge is 2.59. The molecule has 10 heteroatoms. The number of amides is 2. The first kappa shape index (κ1) is 24.2. The molecule has 1 atom stereocenters. The van der Waals surface area contributed by atoms with Crippen molar-refractivity contribution in [1.29, 1.82) is 0 Å². The molecule has 0 spiro atoms. The number of benzene rings is 2. The zero-order chi connectivity index (χ0) is 23.7. The largest absolute Gasteiger partial charge is 0.400 e. The van der Waals surface area contributed by atoms with Crippen molar-refractivity contribution in [3.8, 4) is 0 Å². The van der Waals surface area contributed by atoms with Crippen LogP contribution in [0.2, 0.25) is 10.0 Å². The molecule has 2 aromatic rings. The summed E-state index contributed by atoms with van der Waals surface area (Å²) in [5.41, 5.74) is 5.44. The number of carbonyl (C=O) groups is 1. The van der Waals surface area contributed by atoms with Crippen LogP contribution in [0.5, 0.6) is 0 Å². The third-order valence-corrected chi connectivity index (χ3v) is 6.17. The molecule has 1 fully saturated rings. The Hall–Kier alpha value is -2.45. The number of alkyl halides is 3. The smallest absolute Gasteiger partial charge is 0.370 e. The van der Waals surface area contributed by atoms with Crippen molar-refractivity contribution in [2.75, 3.05) is 24.5 Å². The Morgan fingerprint density at radius 2 is 1.91 bits per heavy atom. The maximum atomic E-state index is 14.3. The van der Waals surface area contributed by atoms with Gasteiger partial charge >= 0.3 is 12.2 Å². The lowest BCUT2D eigenvalue weighted by atomic mass is 9.79. The monoisotopic (exact) mass is 486 g/mol. The van der Waals surface area contributed by atoms with Gasteiger partial charge in [-0.2, -0.15) is 18.3 Å². The molecule has 1 heterocycles. The summed E-state index contributed by atoms with van der Waals surface area (Å²) >= 11 is 12.0. The maximum Gasteiger partial charge on any atom is 0.400 e. The van der Waals surface area contributed by atoms with Crippen LogP contribution >= 0.6 is 23.2 Å². The molecule has 0 aliphatic carbocycles. The first-order chi connectivity index (χ1) is 15.0. The molecule has 1 unspecified atom stereocenters. The standard InChI is InChI=1S/C22H23Cl2F3N4O/c1-3-31(20(28)32)29-12-15-4-5-19(8-14(15)2)30-7-6-21(13-30,22(25,26)27)16-9-17(23)11-18(24)10-16/h4-5,8-12H,3,6-7,13H2,1-2H3,(H2,28,32)/b29-12+. The topological polar surface area (TPSA) is 61.9 Å². The fourth-order valence-electron chi connectivity index (χ4n) is 3.92. The number of hydrogen-bond acceptors (Lipinski definition) is 3. The summed E-state index contributed by atoms with van der Waals surface area (Å²) in [6, 6.07) is 8.74. The number of rotatable bonds is 5. The van der Waals surface area contributed by atoms with E-state index in [1.165, 1.54) is 24.4 Å². The highest BCUT2D eigenvalue weighted by molar-refractivity contribution is 6.34. The van der Waals surface area contributed by atoms with Crippen LogP contribution in [0.15, 0.2) is 41.5 Å². The molecule has 2 N–H and O–H groups in total. The van der Waals surface area contributed by atoms with Gasteiger partial charge < -0.3 is 10.6 Å². The van der Waals surface area contributed by atoms with Crippen LogP contribution in [0.25, 0.3) is 0 Å². The number of hydrogen-bond donors (Lipinski definition) is 1. The third-order valence-electron chi connectivity index (χ3n) is 5.74. The minimum atomic E-state index is -4.48. The molecular formula is C22H23Cl2F3N4O. The summed E-state index contributed by atoms with van der Waals surface area (Å²) in [4.78, 5) is 13.0. The Morgan fingerprint density at radius 3 is 2.44 bits per heavy atom. The van der Waals surface area contributed by atoms with Crippen LogP contribution in [0.1, 0.15) is 30.0 Å². The van der Waals surface area contributed by atoms with Gasteiger partial charge in [-0.05, 0) is 67.3 Å². The summed E-state index contributed by atoms with van der Waals surface area (Å²) in [7, 11) is 0. The lowest BCUT2D eigenvalue weighted by molar-refractivity contribution is -0.184.